The van der Waals surface area contributed by atoms with E-state index in [1.54, 1.807) is 12.1 Å². The second-order valence-corrected chi connectivity index (χ2v) is 11.3. The summed E-state index contributed by atoms with van der Waals surface area (Å²) < 4.78 is 171. The molecular weight excluding hydrogens is 690 g/mol. The summed E-state index contributed by atoms with van der Waals surface area (Å²) in [6.07, 6.45) is -21.1. The number of halogens is 12. The third-order valence-electron chi connectivity index (χ3n) is 8.43. The zero-order valence-electron chi connectivity index (χ0n) is 24.5. The lowest BCUT2D eigenvalue weighted by Gasteiger charge is -2.20. The minimum atomic E-state index is -5.42. The fourth-order valence-electron chi connectivity index (χ4n) is 6.47. The number of aromatic nitrogens is 2. The summed E-state index contributed by atoms with van der Waals surface area (Å²) in [6.45, 7) is 0. The van der Waals surface area contributed by atoms with E-state index in [2.05, 4.69) is 0 Å². The zero-order chi connectivity index (χ0) is 36.1. The normalized spacial score (nSPS) is 13.2. The van der Waals surface area contributed by atoms with Gasteiger partial charge in [0.25, 0.3) is 0 Å². The number of nitriles is 1. The van der Waals surface area contributed by atoms with E-state index in [1.807, 2.05) is 0 Å². The Morgan fingerprint density at radius 2 is 1.04 bits per heavy atom. The first kappa shape index (κ1) is 32.9. The van der Waals surface area contributed by atoms with Crippen LogP contribution < -0.4 is 0 Å². The maximum Gasteiger partial charge on any atom is 0.418 e. The highest BCUT2D eigenvalue weighted by molar-refractivity contribution is 6.26. The molecule has 0 atom stereocenters. The van der Waals surface area contributed by atoms with E-state index in [4.69, 9.17) is 0 Å². The summed E-state index contributed by atoms with van der Waals surface area (Å²) in [5.74, 6) is 0. The number of hydrogen-bond donors (Lipinski definition) is 0. The largest absolute Gasteiger partial charge is 0.418 e. The molecule has 0 bridgehead atoms. The molecule has 7 aromatic rings. The van der Waals surface area contributed by atoms with Crippen molar-refractivity contribution in [3.05, 3.63) is 119 Å². The molecule has 0 aliphatic heterocycles. The third-order valence-corrected chi connectivity index (χ3v) is 8.43. The lowest BCUT2D eigenvalue weighted by atomic mass is 10.0. The highest BCUT2D eigenvalue weighted by Crippen LogP contribution is 2.47. The number of benzene rings is 5. The first-order chi connectivity index (χ1) is 23.3. The molecular formula is C35H15F12N3. The summed E-state index contributed by atoms with van der Waals surface area (Å²) >= 11 is 0. The Balaban J connectivity index is 1.72. The maximum absolute atomic E-state index is 14.6. The Bertz CT molecular complexity index is 2550. The van der Waals surface area contributed by atoms with Gasteiger partial charge in [0.05, 0.1) is 61.3 Å². The third kappa shape index (κ3) is 5.00. The number of para-hydroxylation sites is 2. The van der Waals surface area contributed by atoms with Gasteiger partial charge in [-0.1, -0.05) is 42.5 Å². The molecule has 7 rings (SSSR count). The van der Waals surface area contributed by atoms with Crippen LogP contribution in [0.3, 0.4) is 0 Å². The Hall–Kier alpha value is -5.65. The van der Waals surface area contributed by atoms with Crippen LogP contribution in [0.15, 0.2) is 91.0 Å². The molecule has 15 heteroatoms. The summed E-state index contributed by atoms with van der Waals surface area (Å²) in [4.78, 5) is 0. The van der Waals surface area contributed by atoms with Gasteiger partial charge in [-0.25, -0.2) is 0 Å². The average Bonchev–Trinajstić information content (AvgIpc) is 3.55. The summed E-state index contributed by atoms with van der Waals surface area (Å²) in [5.41, 5.74) is -9.50. The van der Waals surface area contributed by atoms with Crippen LogP contribution in [0.25, 0.3) is 55.0 Å². The van der Waals surface area contributed by atoms with E-state index in [0.717, 1.165) is 9.13 Å². The molecule has 0 fully saturated rings. The minimum Gasteiger partial charge on any atom is -0.308 e. The zero-order valence-corrected chi connectivity index (χ0v) is 24.5. The van der Waals surface area contributed by atoms with Crippen molar-refractivity contribution in [3.8, 4) is 17.4 Å². The number of alkyl halides is 12. The van der Waals surface area contributed by atoms with Gasteiger partial charge in [-0.2, -0.15) is 57.9 Å². The van der Waals surface area contributed by atoms with Crippen molar-refractivity contribution in [2.45, 2.75) is 24.7 Å². The van der Waals surface area contributed by atoms with Gasteiger partial charge in [-0.3, -0.25) is 0 Å². The molecule has 0 amide bonds. The van der Waals surface area contributed by atoms with Gasteiger partial charge in [0.2, 0.25) is 0 Å². The molecule has 0 spiro atoms. The Kier molecular flexibility index (Phi) is 7.02. The van der Waals surface area contributed by atoms with Crippen LogP contribution in [0.5, 0.6) is 0 Å². The predicted molar refractivity (Wildman–Crippen MR) is 160 cm³/mol. The number of rotatable bonds is 2. The molecule has 0 unspecified atom stereocenters. The Labute approximate surface area is 271 Å². The predicted octanol–water partition coefficient (Wildman–Crippen LogP) is 11.8. The van der Waals surface area contributed by atoms with Crippen molar-refractivity contribution in [3.63, 3.8) is 0 Å². The molecule has 0 N–H and O–H groups in total. The molecule has 0 saturated carbocycles. The number of hydrogen-bond acceptors (Lipinski definition) is 1. The van der Waals surface area contributed by atoms with Crippen molar-refractivity contribution in [2.75, 3.05) is 0 Å². The van der Waals surface area contributed by atoms with Gasteiger partial charge < -0.3 is 9.13 Å². The fourth-order valence-corrected chi connectivity index (χ4v) is 6.47. The molecule has 0 aliphatic carbocycles. The van der Waals surface area contributed by atoms with Gasteiger partial charge in [0, 0.05) is 21.5 Å². The van der Waals surface area contributed by atoms with Gasteiger partial charge in [-0.15, -0.1) is 0 Å². The SMILES string of the molecule is N#Cc1cc(C(F)(F)F)cc(C(F)(F)F)c1-n1c2ccccc2c2c1ccc1c3ccccc3n(-c3ccc(C(F)(F)F)cc3C(F)(F)F)c12. The second kappa shape index (κ2) is 10.7. The minimum absolute atomic E-state index is 0.0271. The number of fused-ring (bicyclic) bond motifs is 7. The lowest BCUT2D eigenvalue weighted by Crippen LogP contribution is -2.16. The van der Waals surface area contributed by atoms with Crippen molar-refractivity contribution in [1.29, 1.82) is 5.26 Å². The monoisotopic (exact) mass is 705 g/mol. The molecule has 0 saturated heterocycles. The number of nitrogens with zero attached hydrogens (tertiary/aromatic N) is 3. The summed E-state index contributed by atoms with van der Waals surface area (Å²) in [7, 11) is 0. The molecule has 2 heterocycles. The quantitative estimate of drug-likeness (QED) is 0.165. The second-order valence-electron chi connectivity index (χ2n) is 11.3. The highest BCUT2D eigenvalue weighted by atomic mass is 19.4. The van der Waals surface area contributed by atoms with Crippen LogP contribution in [0.1, 0.15) is 27.8 Å². The molecule has 5 aromatic carbocycles. The molecule has 254 valence electrons. The van der Waals surface area contributed by atoms with Crippen molar-refractivity contribution < 1.29 is 52.7 Å². The topological polar surface area (TPSA) is 33.6 Å². The summed E-state index contributed by atoms with van der Waals surface area (Å²) in [5, 5.41) is 10.7. The maximum atomic E-state index is 14.6. The summed E-state index contributed by atoms with van der Waals surface area (Å²) in [6, 6.07) is 17.0. The van der Waals surface area contributed by atoms with Crippen LogP contribution in [-0.2, 0) is 24.7 Å². The Morgan fingerprint density at radius 1 is 0.480 bits per heavy atom. The van der Waals surface area contributed by atoms with Gasteiger partial charge in [-0.05, 0) is 48.5 Å². The lowest BCUT2D eigenvalue weighted by molar-refractivity contribution is -0.144. The molecule has 2 aromatic heterocycles. The van der Waals surface area contributed by atoms with Crippen LogP contribution in [-0.4, -0.2) is 9.13 Å². The average molecular weight is 706 g/mol. The van der Waals surface area contributed by atoms with Crippen LogP contribution in [0, 0.1) is 11.3 Å². The Morgan fingerprint density at radius 3 is 1.62 bits per heavy atom. The smallest absolute Gasteiger partial charge is 0.308 e. The van der Waals surface area contributed by atoms with Crippen LogP contribution >= 0.6 is 0 Å². The van der Waals surface area contributed by atoms with E-state index < -0.39 is 63.9 Å². The van der Waals surface area contributed by atoms with Crippen LogP contribution in [0.2, 0.25) is 0 Å². The molecule has 50 heavy (non-hydrogen) atoms. The first-order valence-corrected chi connectivity index (χ1v) is 14.3. The van der Waals surface area contributed by atoms with Crippen molar-refractivity contribution in [1.82, 2.24) is 9.13 Å². The van der Waals surface area contributed by atoms with E-state index >= 15 is 0 Å². The van der Waals surface area contributed by atoms with E-state index in [-0.39, 0.29) is 56.4 Å². The van der Waals surface area contributed by atoms with E-state index in [0.29, 0.717) is 17.5 Å². The van der Waals surface area contributed by atoms with Gasteiger partial charge >= 0.3 is 24.7 Å². The highest BCUT2D eigenvalue weighted by Gasteiger charge is 2.42. The fraction of sp³-hybridized carbons (Fsp3) is 0.114. The van der Waals surface area contributed by atoms with Crippen molar-refractivity contribution in [2.24, 2.45) is 0 Å². The standard InChI is InChI=1S/C35H15F12N3/c36-32(37,38)18-9-11-27(23(14-18)34(42,43)44)49-25-7-3-1-5-20(25)21-10-12-28-29(31(21)49)22-6-2-4-8-26(22)50(28)30-17(16-48)13-19(33(39,40)41)15-24(30)35(45,46)47/h1-15H. The molecule has 3 nitrogen and oxygen atoms in total. The van der Waals surface area contributed by atoms with Crippen LogP contribution in [0.4, 0.5) is 52.7 Å². The van der Waals surface area contributed by atoms with Gasteiger partial charge in [0.1, 0.15) is 6.07 Å². The van der Waals surface area contributed by atoms with E-state index in [9.17, 15) is 57.9 Å². The van der Waals surface area contributed by atoms with Crippen molar-refractivity contribution >= 4 is 43.6 Å². The molecule has 0 aliphatic rings. The first-order valence-electron chi connectivity index (χ1n) is 14.3. The van der Waals surface area contributed by atoms with Gasteiger partial charge in [0.15, 0.2) is 0 Å². The van der Waals surface area contributed by atoms with E-state index in [1.165, 1.54) is 54.6 Å². The molecule has 0 radical (unpaired) electrons.